The number of morpholine rings is 1. The van der Waals surface area contributed by atoms with Crippen LogP contribution >= 0.6 is 0 Å². The minimum atomic E-state index is -4.49. The molecule has 1 fully saturated rings. The Morgan fingerprint density at radius 1 is 1.03 bits per heavy atom. The molecule has 0 bridgehead atoms. The van der Waals surface area contributed by atoms with Gasteiger partial charge in [-0.1, -0.05) is 30.3 Å². The molecule has 2 atom stereocenters. The lowest BCUT2D eigenvalue weighted by molar-refractivity contribution is -0.143. The number of carbonyl (C=O) groups is 1. The van der Waals surface area contributed by atoms with E-state index in [4.69, 9.17) is 4.74 Å². The second-order valence-electron chi connectivity index (χ2n) is 8.65. The maximum absolute atomic E-state index is 13.2. The van der Waals surface area contributed by atoms with Crippen LogP contribution in [-0.4, -0.2) is 49.1 Å². The van der Waals surface area contributed by atoms with Gasteiger partial charge in [0.25, 0.3) is 0 Å². The van der Waals surface area contributed by atoms with E-state index < -0.39 is 27.3 Å². The van der Waals surface area contributed by atoms with Crippen LogP contribution in [-0.2, 0) is 37.8 Å². The Morgan fingerprint density at radius 3 is 2.26 bits per heavy atom. The van der Waals surface area contributed by atoms with E-state index in [0.717, 1.165) is 12.1 Å². The summed E-state index contributed by atoms with van der Waals surface area (Å²) in [6, 6.07) is 11.0. The van der Waals surface area contributed by atoms with Crippen LogP contribution in [0, 0.1) is 0 Å². The number of ether oxygens (including phenoxy) is 1. The van der Waals surface area contributed by atoms with Crippen LogP contribution in [0.4, 0.5) is 13.2 Å². The number of amides is 1. The molecule has 0 spiro atoms. The van der Waals surface area contributed by atoms with E-state index >= 15 is 0 Å². The monoisotopic (exact) mass is 494 g/mol. The van der Waals surface area contributed by atoms with Gasteiger partial charge >= 0.3 is 6.18 Å². The van der Waals surface area contributed by atoms with Crippen LogP contribution in [0.2, 0.25) is 0 Å². The molecule has 1 aliphatic rings. The number of hydrogen-bond acceptors (Lipinski definition) is 4. The summed E-state index contributed by atoms with van der Waals surface area (Å²) in [5.41, 5.74) is 0.00362. The second-order valence-corrected chi connectivity index (χ2v) is 10.6. The van der Waals surface area contributed by atoms with Crippen LogP contribution in [0.1, 0.15) is 25.0 Å². The standard InChI is InChI=1S/C24H25F3N2O4S/c1-16-11-29(12-17(2)33-16)23(30)14-28-13-22(20-5-3-4-6-21(20)28)34(31,32)15-18-7-9-19(10-8-18)24(25,26)27/h3-10,13,16-17H,11-12,14-15H2,1-2H3. The van der Waals surface area contributed by atoms with Gasteiger partial charge in [-0.2, -0.15) is 13.2 Å². The van der Waals surface area contributed by atoms with E-state index in [2.05, 4.69) is 0 Å². The van der Waals surface area contributed by atoms with Crippen molar-refractivity contribution in [1.82, 2.24) is 9.47 Å². The fraction of sp³-hybridized carbons (Fsp3) is 0.375. The van der Waals surface area contributed by atoms with Crippen LogP contribution in [0.3, 0.4) is 0 Å². The van der Waals surface area contributed by atoms with E-state index in [-0.39, 0.29) is 35.1 Å². The smallest absolute Gasteiger partial charge is 0.372 e. The maximum Gasteiger partial charge on any atom is 0.416 e. The van der Waals surface area contributed by atoms with Crippen molar-refractivity contribution < 1.29 is 31.1 Å². The van der Waals surface area contributed by atoms with Crippen molar-refractivity contribution in [2.24, 2.45) is 0 Å². The zero-order valence-electron chi connectivity index (χ0n) is 18.7. The Labute approximate surface area is 195 Å². The van der Waals surface area contributed by atoms with Crippen molar-refractivity contribution in [3.8, 4) is 0 Å². The molecule has 2 heterocycles. The normalized spacial score (nSPS) is 19.5. The van der Waals surface area contributed by atoms with Crippen molar-refractivity contribution in [2.75, 3.05) is 13.1 Å². The quantitative estimate of drug-likeness (QED) is 0.531. The predicted molar refractivity (Wildman–Crippen MR) is 121 cm³/mol. The van der Waals surface area contributed by atoms with Gasteiger partial charge in [-0.15, -0.1) is 0 Å². The first-order valence-corrected chi connectivity index (χ1v) is 12.5. The lowest BCUT2D eigenvalue weighted by atomic mass is 10.1. The van der Waals surface area contributed by atoms with E-state index in [1.54, 1.807) is 33.7 Å². The molecule has 0 saturated carbocycles. The van der Waals surface area contributed by atoms with Crippen LogP contribution in [0.25, 0.3) is 10.9 Å². The molecule has 0 aliphatic carbocycles. The Bertz CT molecular complexity index is 1290. The molecular weight excluding hydrogens is 469 g/mol. The van der Waals surface area contributed by atoms with Gasteiger partial charge in [0, 0.05) is 30.2 Å². The summed E-state index contributed by atoms with van der Waals surface area (Å²) in [5, 5.41) is 0.464. The van der Waals surface area contributed by atoms with Crippen molar-refractivity contribution in [2.45, 2.75) is 49.4 Å². The number of sulfone groups is 1. The number of carbonyl (C=O) groups excluding carboxylic acids is 1. The maximum atomic E-state index is 13.2. The lowest BCUT2D eigenvalue weighted by Crippen LogP contribution is -2.49. The third kappa shape index (κ3) is 5.12. The highest BCUT2D eigenvalue weighted by molar-refractivity contribution is 7.90. The average Bonchev–Trinajstić information content (AvgIpc) is 3.12. The largest absolute Gasteiger partial charge is 0.416 e. The van der Waals surface area contributed by atoms with Crippen LogP contribution in [0.15, 0.2) is 59.6 Å². The minimum absolute atomic E-state index is 0.0320. The highest BCUT2D eigenvalue weighted by Gasteiger charge is 2.31. The molecule has 1 aromatic heterocycles. The molecule has 2 aromatic carbocycles. The average molecular weight is 495 g/mol. The number of benzene rings is 2. The first-order chi connectivity index (χ1) is 15.9. The molecule has 0 radical (unpaired) electrons. The van der Waals surface area contributed by atoms with E-state index in [9.17, 15) is 26.4 Å². The Balaban J connectivity index is 1.61. The molecular formula is C24H25F3N2O4S. The van der Waals surface area contributed by atoms with Gasteiger partial charge in [-0.25, -0.2) is 8.42 Å². The Hall–Kier alpha value is -2.85. The molecule has 0 N–H and O–H groups in total. The van der Waals surface area contributed by atoms with Gasteiger partial charge < -0.3 is 14.2 Å². The van der Waals surface area contributed by atoms with Gasteiger partial charge in [0.2, 0.25) is 5.91 Å². The summed E-state index contributed by atoms with van der Waals surface area (Å²) >= 11 is 0. The lowest BCUT2D eigenvalue weighted by Gasteiger charge is -2.35. The molecule has 1 amide bonds. The summed E-state index contributed by atoms with van der Waals surface area (Å²) in [6.45, 7) is 4.68. The zero-order valence-corrected chi connectivity index (χ0v) is 19.6. The van der Waals surface area contributed by atoms with Crippen molar-refractivity contribution in [3.05, 3.63) is 65.9 Å². The molecule has 3 aromatic rings. The number of alkyl halides is 3. The predicted octanol–water partition coefficient (Wildman–Crippen LogP) is 4.27. The van der Waals surface area contributed by atoms with E-state index in [0.29, 0.717) is 24.0 Å². The third-order valence-electron chi connectivity index (χ3n) is 5.80. The number of halogens is 3. The number of fused-ring (bicyclic) bond motifs is 1. The SMILES string of the molecule is CC1CN(C(=O)Cn2cc(S(=O)(=O)Cc3ccc(C(F)(F)F)cc3)c3ccccc32)CC(C)O1. The van der Waals surface area contributed by atoms with Gasteiger partial charge in [0.15, 0.2) is 9.84 Å². The molecule has 4 rings (SSSR count). The summed E-state index contributed by atoms with van der Waals surface area (Å²) in [6.07, 6.45) is -3.23. The Kier molecular flexibility index (Phi) is 6.48. The summed E-state index contributed by atoms with van der Waals surface area (Å²) in [5.74, 6) is -0.597. The third-order valence-corrected chi connectivity index (χ3v) is 7.51. The highest BCUT2D eigenvalue weighted by atomic mass is 32.2. The van der Waals surface area contributed by atoms with Crippen molar-refractivity contribution in [3.63, 3.8) is 0 Å². The van der Waals surface area contributed by atoms with E-state index in [1.165, 1.54) is 18.3 Å². The molecule has 34 heavy (non-hydrogen) atoms. The molecule has 1 saturated heterocycles. The number of rotatable bonds is 5. The number of hydrogen-bond donors (Lipinski definition) is 0. The van der Waals surface area contributed by atoms with E-state index in [1.807, 2.05) is 13.8 Å². The van der Waals surface area contributed by atoms with Gasteiger partial charge in [0.1, 0.15) is 6.54 Å². The Morgan fingerprint density at radius 2 is 1.65 bits per heavy atom. The number of aromatic nitrogens is 1. The fourth-order valence-corrected chi connectivity index (χ4v) is 5.89. The first kappa shape index (κ1) is 24.3. The molecule has 10 heteroatoms. The highest BCUT2D eigenvalue weighted by Crippen LogP contribution is 2.31. The summed E-state index contributed by atoms with van der Waals surface area (Å²) in [4.78, 5) is 14.7. The molecule has 2 unspecified atom stereocenters. The fourth-order valence-electron chi connectivity index (χ4n) is 4.31. The first-order valence-electron chi connectivity index (χ1n) is 10.8. The van der Waals surface area contributed by atoms with Crippen LogP contribution in [0.5, 0.6) is 0 Å². The molecule has 1 aliphatic heterocycles. The van der Waals surface area contributed by atoms with Crippen molar-refractivity contribution >= 4 is 26.6 Å². The minimum Gasteiger partial charge on any atom is -0.372 e. The number of para-hydroxylation sites is 1. The second kappa shape index (κ2) is 9.07. The summed E-state index contributed by atoms with van der Waals surface area (Å²) < 4.78 is 72.2. The van der Waals surface area contributed by atoms with Gasteiger partial charge in [0.05, 0.1) is 28.4 Å². The van der Waals surface area contributed by atoms with Crippen molar-refractivity contribution in [1.29, 1.82) is 0 Å². The van der Waals surface area contributed by atoms with Crippen LogP contribution < -0.4 is 0 Å². The van der Waals surface area contributed by atoms with Gasteiger partial charge in [-0.05, 0) is 37.6 Å². The topological polar surface area (TPSA) is 68.6 Å². The van der Waals surface area contributed by atoms with Gasteiger partial charge in [-0.3, -0.25) is 4.79 Å². The molecule has 6 nitrogen and oxygen atoms in total. The summed E-state index contributed by atoms with van der Waals surface area (Å²) in [7, 11) is -3.89. The molecule has 182 valence electrons. The number of nitrogens with zero attached hydrogens (tertiary/aromatic N) is 2. The zero-order chi connectivity index (χ0) is 24.7.